The topological polar surface area (TPSA) is 58.6 Å². The van der Waals surface area contributed by atoms with Gasteiger partial charge < -0.3 is 9.52 Å². The van der Waals surface area contributed by atoms with E-state index in [1.165, 1.54) is 11.1 Å². The van der Waals surface area contributed by atoms with Gasteiger partial charge in [0.2, 0.25) is 5.89 Å². The summed E-state index contributed by atoms with van der Waals surface area (Å²) < 4.78 is 7.40. The van der Waals surface area contributed by atoms with Crippen LogP contribution in [0.25, 0.3) is 22.6 Å². The second-order valence-electron chi connectivity index (χ2n) is 6.56. The van der Waals surface area contributed by atoms with Crippen molar-refractivity contribution in [2.24, 2.45) is 4.99 Å². The van der Waals surface area contributed by atoms with Crippen LogP contribution >= 0.6 is 31.9 Å². The zero-order chi connectivity index (χ0) is 19.8. The Morgan fingerprint density at radius 3 is 2.64 bits per heavy atom. The number of rotatable bonds is 3. The van der Waals surface area contributed by atoms with Gasteiger partial charge in [-0.15, -0.1) is 0 Å². The average Bonchev–Trinajstić information content (AvgIpc) is 3.07. The highest BCUT2D eigenvalue weighted by molar-refractivity contribution is 9.11. The van der Waals surface area contributed by atoms with Crippen LogP contribution in [0.3, 0.4) is 0 Å². The van der Waals surface area contributed by atoms with Crippen molar-refractivity contribution in [3.63, 3.8) is 0 Å². The summed E-state index contributed by atoms with van der Waals surface area (Å²) in [7, 11) is 0. The van der Waals surface area contributed by atoms with Crippen molar-refractivity contribution in [2.75, 3.05) is 0 Å². The van der Waals surface area contributed by atoms with Gasteiger partial charge in [-0.05, 0) is 83.4 Å². The van der Waals surface area contributed by atoms with Crippen molar-refractivity contribution in [1.82, 2.24) is 4.98 Å². The predicted octanol–water partition coefficient (Wildman–Crippen LogP) is 7.09. The molecule has 1 heterocycles. The third kappa shape index (κ3) is 3.75. The van der Waals surface area contributed by atoms with E-state index in [0.29, 0.717) is 15.9 Å². The fourth-order valence-electron chi connectivity index (χ4n) is 2.85. The number of aromatic hydroxyl groups is 1. The molecule has 0 saturated heterocycles. The Labute approximate surface area is 179 Å². The number of aliphatic imine (C=N–C) groups is 1. The van der Waals surface area contributed by atoms with E-state index in [2.05, 4.69) is 55.7 Å². The Bertz CT molecular complexity index is 1190. The fourth-order valence-corrected chi connectivity index (χ4v) is 4.11. The largest absolute Gasteiger partial charge is 0.506 e. The lowest BCUT2D eigenvalue weighted by atomic mass is 10.1. The van der Waals surface area contributed by atoms with E-state index in [-0.39, 0.29) is 5.75 Å². The smallest absolute Gasteiger partial charge is 0.227 e. The molecule has 1 aromatic heterocycles. The molecule has 4 nitrogen and oxygen atoms in total. The molecule has 140 valence electrons. The Hall–Kier alpha value is -2.44. The lowest BCUT2D eigenvalue weighted by Gasteiger charge is -2.03. The second-order valence-corrected chi connectivity index (χ2v) is 8.33. The van der Waals surface area contributed by atoms with Crippen LogP contribution in [0, 0.1) is 13.8 Å². The first kappa shape index (κ1) is 18.9. The molecule has 0 saturated carbocycles. The summed E-state index contributed by atoms with van der Waals surface area (Å²) in [4.78, 5) is 9.10. The van der Waals surface area contributed by atoms with Crippen LogP contribution in [-0.4, -0.2) is 16.3 Å². The standard InChI is InChI=1S/C22H16Br2N2O2/c1-12-6-19-20(7-13(12)2)28-22(26-19)14-4-3-5-17(9-14)25-11-15-8-16(23)10-18(24)21(15)27/h3-11,27H,1-2H3. The Morgan fingerprint density at radius 2 is 1.82 bits per heavy atom. The normalized spacial score (nSPS) is 11.6. The lowest BCUT2D eigenvalue weighted by Crippen LogP contribution is -1.84. The number of fused-ring (bicyclic) bond motifs is 1. The molecular formula is C22H16Br2N2O2. The third-order valence-electron chi connectivity index (χ3n) is 4.51. The van der Waals surface area contributed by atoms with Gasteiger partial charge in [0.1, 0.15) is 11.3 Å². The zero-order valence-electron chi connectivity index (χ0n) is 15.2. The monoisotopic (exact) mass is 498 g/mol. The first-order valence-corrected chi connectivity index (χ1v) is 10.2. The molecule has 0 unspecified atom stereocenters. The number of hydrogen-bond acceptors (Lipinski definition) is 4. The maximum atomic E-state index is 10.2. The number of phenols is 1. The molecule has 0 aliphatic heterocycles. The maximum Gasteiger partial charge on any atom is 0.227 e. The van der Waals surface area contributed by atoms with Gasteiger partial charge >= 0.3 is 0 Å². The minimum atomic E-state index is 0.146. The number of phenolic OH excluding ortho intramolecular Hbond substituents is 1. The van der Waals surface area contributed by atoms with Gasteiger partial charge in [0.05, 0.1) is 10.2 Å². The Kier molecular flexibility index (Phi) is 5.08. The number of oxazole rings is 1. The van der Waals surface area contributed by atoms with Crippen molar-refractivity contribution in [3.8, 4) is 17.2 Å². The third-order valence-corrected chi connectivity index (χ3v) is 5.57. The van der Waals surface area contributed by atoms with Gasteiger partial charge in [-0.2, -0.15) is 0 Å². The van der Waals surface area contributed by atoms with Crippen LogP contribution in [-0.2, 0) is 0 Å². The van der Waals surface area contributed by atoms with Crippen molar-refractivity contribution in [3.05, 3.63) is 74.2 Å². The molecule has 28 heavy (non-hydrogen) atoms. The van der Waals surface area contributed by atoms with Gasteiger partial charge in [0.25, 0.3) is 0 Å². The SMILES string of the molecule is Cc1cc2nc(-c3cccc(N=Cc4cc(Br)cc(Br)c4O)c3)oc2cc1C. The van der Waals surface area contributed by atoms with Gasteiger partial charge in [-0.1, -0.05) is 22.0 Å². The van der Waals surface area contributed by atoms with Crippen molar-refractivity contribution < 1.29 is 9.52 Å². The molecule has 0 atom stereocenters. The van der Waals surface area contributed by atoms with Gasteiger partial charge in [0, 0.05) is 21.8 Å². The summed E-state index contributed by atoms with van der Waals surface area (Å²) in [5.41, 5.74) is 6.17. The zero-order valence-corrected chi connectivity index (χ0v) is 18.4. The molecule has 0 aliphatic carbocycles. The summed E-state index contributed by atoms with van der Waals surface area (Å²) in [6, 6.07) is 15.3. The quantitative estimate of drug-likeness (QED) is 0.306. The van der Waals surface area contributed by atoms with Crippen LogP contribution in [0.1, 0.15) is 16.7 Å². The van der Waals surface area contributed by atoms with Crippen LogP contribution in [0.15, 0.2) is 66.9 Å². The first-order valence-electron chi connectivity index (χ1n) is 8.61. The molecule has 4 rings (SSSR count). The minimum Gasteiger partial charge on any atom is -0.506 e. The molecular weight excluding hydrogens is 484 g/mol. The average molecular weight is 500 g/mol. The summed E-state index contributed by atoms with van der Waals surface area (Å²) in [6.45, 7) is 4.12. The molecule has 4 aromatic rings. The van der Waals surface area contributed by atoms with E-state index >= 15 is 0 Å². The van der Waals surface area contributed by atoms with Crippen LogP contribution in [0.4, 0.5) is 5.69 Å². The summed E-state index contributed by atoms with van der Waals surface area (Å²) in [6.07, 6.45) is 1.63. The fraction of sp³-hybridized carbons (Fsp3) is 0.0909. The molecule has 3 aromatic carbocycles. The van der Waals surface area contributed by atoms with Gasteiger partial charge in [-0.25, -0.2) is 4.98 Å². The van der Waals surface area contributed by atoms with E-state index in [1.807, 2.05) is 36.4 Å². The number of hydrogen-bond donors (Lipinski definition) is 1. The van der Waals surface area contributed by atoms with Crippen molar-refractivity contribution >= 4 is 54.9 Å². The van der Waals surface area contributed by atoms with Crippen LogP contribution in [0.2, 0.25) is 0 Å². The Balaban J connectivity index is 1.69. The molecule has 0 spiro atoms. The number of nitrogens with zero attached hydrogens (tertiary/aromatic N) is 2. The second kappa shape index (κ2) is 7.53. The number of aryl methyl sites for hydroxylation is 2. The van der Waals surface area contributed by atoms with Crippen molar-refractivity contribution in [2.45, 2.75) is 13.8 Å². The summed E-state index contributed by atoms with van der Waals surface area (Å²) >= 11 is 6.75. The minimum absolute atomic E-state index is 0.146. The van der Waals surface area contributed by atoms with Crippen LogP contribution < -0.4 is 0 Å². The van der Waals surface area contributed by atoms with E-state index in [1.54, 1.807) is 18.3 Å². The van der Waals surface area contributed by atoms with E-state index in [9.17, 15) is 5.11 Å². The highest BCUT2D eigenvalue weighted by Gasteiger charge is 2.10. The predicted molar refractivity (Wildman–Crippen MR) is 120 cm³/mol. The molecule has 1 N–H and O–H groups in total. The Morgan fingerprint density at radius 1 is 1.04 bits per heavy atom. The molecule has 0 aliphatic rings. The summed E-state index contributed by atoms with van der Waals surface area (Å²) in [5, 5.41) is 10.2. The highest BCUT2D eigenvalue weighted by Crippen LogP contribution is 2.32. The molecule has 0 amide bonds. The molecule has 0 radical (unpaired) electrons. The first-order chi connectivity index (χ1) is 13.4. The molecule has 0 fully saturated rings. The van der Waals surface area contributed by atoms with Crippen LogP contribution in [0.5, 0.6) is 5.75 Å². The van der Waals surface area contributed by atoms with E-state index in [4.69, 9.17) is 4.42 Å². The number of halogens is 2. The van der Waals surface area contributed by atoms with Crippen molar-refractivity contribution in [1.29, 1.82) is 0 Å². The van der Waals surface area contributed by atoms with E-state index in [0.717, 1.165) is 26.8 Å². The number of aromatic nitrogens is 1. The van der Waals surface area contributed by atoms with Gasteiger partial charge in [-0.3, -0.25) is 4.99 Å². The highest BCUT2D eigenvalue weighted by atomic mass is 79.9. The molecule has 0 bridgehead atoms. The number of benzene rings is 3. The molecule has 6 heteroatoms. The summed E-state index contributed by atoms with van der Waals surface area (Å²) in [5.74, 6) is 0.706. The van der Waals surface area contributed by atoms with E-state index < -0.39 is 0 Å². The lowest BCUT2D eigenvalue weighted by molar-refractivity contribution is 0.471. The van der Waals surface area contributed by atoms with Gasteiger partial charge in [0.15, 0.2) is 5.58 Å². The maximum absolute atomic E-state index is 10.2.